The molecule has 3 rings (SSSR count). The van der Waals surface area contributed by atoms with Crippen LogP contribution in [0.4, 0.5) is 0 Å². The molecule has 1 aliphatic carbocycles. The summed E-state index contributed by atoms with van der Waals surface area (Å²) in [5.41, 5.74) is 5.06. The van der Waals surface area contributed by atoms with E-state index in [0.717, 1.165) is 35.8 Å². The number of unbranched alkanes of at least 4 members (excludes halogenated alkanes) is 2. The Balaban J connectivity index is 1.44. The van der Waals surface area contributed by atoms with Crippen molar-refractivity contribution in [3.8, 4) is 11.8 Å². The van der Waals surface area contributed by atoms with Crippen LogP contribution in [0.1, 0.15) is 87.0 Å². The number of allylic oxidation sites excluding steroid dienone is 1. The highest BCUT2D eigenvalue weighted by Gasteiger charge is 2.19. The van der Waals surface area contributed by atoms with Crippen molar-refractivity contribution in [3.63, 3.8) is 0 Å². The van der Waals surface area contributed by atoms with Gasteiger partial charge >= 0.3 is 0 Å². The molecule has 0 N–H and O–H groups in total. The van der Waals surface area contributed by atoms with Crippen molar-refractivity contribution >= 4 is 0 Å². The molecule has 2 aromatic carbocycles. The lowest BCUT2D eigenvalue weighted by Crippen LogP contribution is -2.14. The highest BCUT2D eigenvalue weighted by Crippen LogP contribution is 2.33. The summed E-state index contributed by atoms with van der Waals surface area (Å²) < 4.78 is 0. The van der Waals surface area contributed by atoms with E-state index in [9.17, 15) is 0 Å². The second-order valence-corrected chi connectivity index (χ2v) is 9.01. The minimum Gasteiger partial charge on any atom is -0.103 e. The second kappa shape index (κ2) is 12.4. The maximum absolute atomic E-state index is 3.79. The first kappa shape index (κ1) is 22.4. The summed E-state index contributed by atoms with van der Waals surface area (Å²) in [7, 11) is 0. The van der Waals surface area contributed by atoms with E-state index in [0.29, 0.717) is 0 Å². The van der Waals surface area contributed by atoms with Crippen molar-refractivity contribution in [1.29, 1.82) is 0 Å². The predicted molar refractivity (Wildman–Crippen MR) is 131 cm³/mol. The number of benzene rings is 2. The molecule has 1 saturated carbocycles. The third kappa shape index (κ3) is 7.53. The first-order chi connectivity index (χ1) is 14.8. The molecular formula is C30H38. The molecule has 0 atom stereocenters. The fraction of sp³-hybridized carbons (Fsp3) is 0.467. The number of hydrogen-bond donors (Lipinski definition) is 0. The Morgan fingerprint density at radius 3 is 1.83 bits per heavy atom. The lowest BCUT2D eigenvalue weighted by Gasteiger charge is -2.27. The summed E-state index contributed by atoms with van der Waals surface area (Å²) in [6, 6.07) is 17.6. The summed E-state index contributed by atoms with van der Waals surface area (Å²) in [6.07, 6.45) is 16.4. The van der Waals surface area contributed by atoms with E-state index in [1.54, 1.807) is 0 Å². The van der Waals surface area contributed by atoms with Gasteiger partial charge in [0.15, 0.2) is 0 Å². The van der Waals surface area contributed by atoms with Crippen LogP contribution in [0.25, 0.3) is 0 Å². The maximum atomic E-state index is 3.79. The van der Waals surface area contributed by atoms with Gasteiger partial charge in [-0.15, -0.1) is 6.58 Å². The van der Waals surface area contributed by atoms with Gasteiger partial charge in [-0.2, -0.15) is 0 Å². The van der Waals surface area contributed by atoms with E-state index in [1.807, 2.05) is 6.08 Å². The van der Waals surface area contributed by atoms with Crippen LogP contribution in [-0.2, 0) is 12.8 Å². The van der Waals surface area contributed by atoms with Crippen molar-refractivity contribution in [2.75, 3.05) is 0 Å². The van der Waals surface area contributed by atoms with Crippen LogP contribution in [0.15, 0.2) is 61.2 Å². The standard InChI is InChI=1S/C30H38/c1-3-5-6-7-8-26-13-15-28(16-14-26)19-20-30-23-21-29(22-24-30)18-17-27-11-9-25(4-2)10-12-27/h3,13-16,21-25,27H,1,4-12,17-18H2,2H3. The third-order valence-electron chi connectivity index (χ3n) is 6.77. The number of hydrogen-bond acceptors (Lipinski definition) is 0. The molecule has 0 nitrogen and oxygen atoms in total. The molecule has 0 heterocycles. The molecule has 0 bridgehead atoms. The zero-order valence-corrected chi connectivity index (χ0v) is 18.8. The van der Waals surface area contributed by atoms with E-state index in [4.69, 9.17) is 0 Å². The largest absolute Gasteiger partial charge is 0.103 e. The fourth-order valence-corrected chi connectivity index (χ4v) is 4.57. The monoisotopic (exact) mass is 398 g/mol. The Morgan fingerprint density at radius 2 is 1.30 bits per heavy atom. The molecular weight excluding hydrogens is 360 g/mol. The molecule has 0 aliphatic heterocycles. The summed E-state index contributed by atoms with van der Waals surface area (Å²) in [6.45, 7) is 6.13. The highest BCUT2D eigenvalue weighted by molar-refractivity contribution is 5.44. The smallest absolute Gasteiger partial charge is 0.0249 e. The van der Waals surface area contributed by atoms with Gasteiger partial charge in [-0.05, 0) is 85.8 Å². The van der Waals surface area contributed by atoms with Gasteiger partial charge in [0.05, 0.1) is 0 Å². The second-order valence-electron chi connectivity index (χ2n) is 9.01. The van der Waals surface area contributed by atoms with Crippen LogP contribution in [0.2, 0.25) is 0 Å². The lowest BCUT2D eigenvalue weighted by molar-refractivity contribution is 0.259. The molecule has 2 aromatic rings. The normalized spacial score (nSPS) is 18.4. The minimum absolute atomic E-state index is 0.942. The highest BCUT2D eigenvalue weighted by atomic mass is 14.2. The molecule has 0 spiro atoms. The Bertz CT molecular complexity index is 805. The van der Waals surface area contributed by atoms with Crippen molar-refractivity contribution in [2.45, 2.75) is 77.6 Å². The van der Waals surface area contributed by atoms with Crippen LogP contribution in [0.5, 0.6) is 0 Å². The van der Waals surface area contributed by atoms with Crippen molar-refractivity contribution in [1.82, 2.24) is 0 Å². The summed E-state index contributed by atoms with van der Waals surface area (Å²) >= 11 is 0. The van der Waals surface area contributed by atoms with E-state index in [-0.39, 0.29) is 0 Å². The van der Waals surface area contributed by atoms with Crippen LogP contribution in [0.3, 0.4) is 0 Å². The molecule has 158 valence electrons. The summed E-state index contributed by atoms with van der Waals surface area (Å²) in [5, 5.41) is 0. The molecule has 0 radical (unpaired) electrons. The topological polar surface area (TPSA) is 0 Å². The minimum atomic E-state index is 0.942. The van der Waals surface area contributed by atoms with Gasteiger partial charge < -0.3 is 0 Å². The quantitative estimate of drug-likeness (QED) is 0.227. The van der Waals surface area contributed by atoms with Gasteiger partial charge in [0.1, 0.15) is 0 Å². The Morgan fingerprint density at radius 1 is 0.767 bits per heavy atom. The van der Waals surface area contributed by atoms with Crippen molar-refractivity contribution < 1.29 is 0 Å². The van der Waals surface area contributed by atoms with Crippen molar-refractivity contribution in [3.05, 3.63) is 83.4 Å². The molecule has 0 unspecified atom stereocenters. The molecule has 30 heavy (non-hydrogen) atoms. The van der Waals surface area contributed by atoms with E-state index < -0.39 is 0 Å². The lowest BCUT2D eigenvalue weighted by atomic mass is 9.78. The number of aryl methyl sites for hydroxylation is 2. The van der Waals surface area contributed by atoms with Gasteiger partial charge in [-0.3, -0.25) is 0 Å². The molecule has 1 aliphatic rings. The van der Waals surface area contributed by atoms with E-state index in [2.05, 4.69) is 73.9 Å². The first-order valence-corrected chi connectivity index (χ1v) is 12.1. The zero-order valence-electron chi connectivity index (χ0n) is 18.8. The third-order valence-corrected chi connectivity index (χ3v) is 6.77. The fourth-order valence-electron chi connectivity index (χ4n) is 4.57. The van der Waals surface area contributed by atoms with Gasteiger partial charge in [-0.25, -0.2) is 0 Å². The predicted octanol–water partition coefficient (Wildman–Crippen LogP) is 8.13. The Kier molecular flexibility index (Phi) is 9.30. The molecule has 0 aromatic heterocycles. The summed E-state index contributed by atoms with van der Waals surface area (Å²) in [5.74, 6) is 8.58. The SMILES string of the molecule is C=CCCCCc1ccc(C#Cc2ccc(CCC3CCC(CC)CC3)cc2)cc1. The Labute approximate surface area is 184 Å². The van der Waals surface area contributed by atoms with Crippen LogP contribution >= 0.6 is 0 Å². The molecule has 0 heteroatoms. The zero-order chi connectivity index (χ0) is 21.0. The molecule has 1 fully saturated rings. The summed E-state index contributed by atoms with van der Waals surface area (Å²) in [4.78, 5) is 0. The van der Waals surface area contributed by atoms with Gasteiger partial charge in [-0.1, -0.05) is 81.2 Å². The van der Waals surface area contributed by atoms with Crippen LogP contribution in [-0.4, -0.2) is 0 Å². The van der Waals surface area contributed by atoms with Gasteiger partial charge in [0, 0.05) is 11.1 Å². The number of rotatable bonds is 9. The van der Waals surface area contributed by atoms with E-state index in [1.165, 1.54) is 68.9 Å². The first-order valence-electron chi connectivity index (χ1n) is 12.1. The molecule has 0 saturated heterocycles. The molecule has 0 amide bonds. The van der Waals surface area contributed by atoms with E-state index >= 15 is 0 Å². The maximum Gasteiger partial charge on any atom is 0.0249 e. The van der Waals surface area contributed by atoms with Gasteiger partial charge in [0.2, 0.25) is 0 Å². The average molecular weight is 399 g/mol. The van der Waals surface area contributed by atoms with Crippen LogP contribution < -0.4 is 0 Å². The van der Waals surface area contributed by atoms with Crippen molar-refractivity contribution in [2.24, 2.45) is 11.8 Å². The average Bonchev–Trinajstić information content (AvgIpc) is 2.81. The van der Waals surface area contributed by atoms with Crippen LogP contribution in [0, 0.1) is 23.7 Å². The van der Waals surface area contributed by atoms with Gasteiger partial charge in [0.25, 0.3) is 0 Å². The Hall–Kier alpha value is -2.26.